The predicted molar refractivity (Wildman–Crippen MR) is 70.2 cm³/mol. The number of aryl methyl sites for hydroxylation is 1. The Balaban J connectivity index is 2.33. The lowest BCUT2D eigenvalue weighted by atomic mass is 9.75. The van der Waals surface area contributed by atoms with E-state index in [2.05, 4.69) is 19.1 Å². The van der Waals surface area contributed by atoms with E-state index in [0.29, 0.717) is 5.88 Å². The summed E-state index contributed by atoms with van der Waals surface area (Å²) >= 11 is 6.21. The molecule has 2 rings (SSSR count). The van der Waals surface area contributed by atoms with Crippen LogP contribution in [0.2, 0.25) is 0 Å². The molecule has 0 atom stereocenters. The molecule has 1 heterocycles. The van der Waals surface area contributed by atoms with Crippen molar-refractivity contribution in [2.24, 2.45) is 0 Å². The topological polar surface area (TPSA) is 18.5 Å². The Morgan fingerprint density at radius 2 is 2.06 bits per heavy atom. The molecule has 1 saturated heterocycles. The molecule has 0 unspecified atom stereocenters. The molecular formula is C14H19ClO2. The van der Waals surface area contributed by atoms with Crippen molar-refractivity contribution >= 4 is 11.6 Å². The maximum Gasteiger partial charge on any atom is 0.121 e. The van der Waals surface area contributed by atoms with Crippen LogP contribution in [0.1, 0.15) is 24.0 Å². The Kier molecular flexibility index (Phi) is 3.95. The van der Waals surface area contributed by atoms with E-state index in [1.54, 1.807) is 7.11 Å². The van der Waals surface area contributed by atoms with Crippen LogP contribution >= 0.6 is 11.6 Å². The van der Waals surface area contributed by atoms with Crippen molar-refractivity contribution in [2.45, 2.75) is 25.2 Å². The summed E-state index contributed by atoms with van der Waals surface area (Å²) in [5.74, 6) is 1.59. The molecule has 94 valence electrons. The van der Waals surface area contributed by atoms with Crippen molar-refractivity contribution in [2.75, 3.05) is 26.2 Å². The summed E-state index contributed by atoms with van der Waals surface area (Å²) in [7, 11) is 1.70. The lowest BCUT2D eigenvalue weighted by Gasteiger charge is -2.36. The fraction of sp³-hybridized carbons (Fsp3) is 0.571. The highest BCUT2D eigenvalue weighted by atomic mass is 35.5. The van der Waals surface area contributed by atoms with E-state index in [9.17, 15) is 0 Å². The highest BCUT2D eigenvalue weighted by Gasteiger charge is 2.33. The van der Waals surface area contributed by atoms with Gasteiger partial charge in [0.2, 0.25) is 0 Å². The van der Waals surface area contributed by atoms with Gasteiger partial charge < -0.3 is 9.47 Å². The summed E-state index contributed by atoms with van der Waals surface area (Å²) in [6.45, 7) is 3.68. The van der Waals surface area contributed by atoms with Crippen molar-refractivity contribution in [1.82, 2.24) is 0 Å². The van der Waals surface area contributed by atoms with Crippen molar-refractivity contribution in [3.8, 4) is 5.75 Å². The number of methoxy groups -OCH3 is 1. The third-order valence-electron chi connectivity index (χ3n) is 3.71. The minimum Gasteiger partial charge on any atom is -0.496 e. The summed E-state index contributed by atoms with van der Waals surface area (Å²) in [6, 6.07) is 6.38. The fourth-order valence-electron chi connectivity index (χ4n) is 2.47. The van der Waals surface area contributed by atoms with Gasteiger partial charge in [-0.15, -0.1) is 11.6 Å². The van der Waals surface area contributed by atoms with Crippen LogP contribution in [0.3, 0.4) is 0 Å². The second-order valence-corrected chi connectivity index (χ2v) is 4.98. The van der Waals surface area contributed by atoms with Crippen LogP contribution in [0.25, 0.3) is 0 Å². The molecule has 0 bridgehead atoms. The van der Waals surface area contributed by atoms with Crippen molar-refractivity contribution in [3.63, 3.8) is 0 Å². The van der Waals surface area contributed by atoms with Crippen LogP contribution in [0, 0.1) is 6.92 Å². The highest BCUT2D eigenvalue weighted by molar-refractivity contribution is 6.18. The van der Waals surface area contributed by atoms with Gasteiger partial charge in [-0.1, -0.05) is 12.1 Å². The van der Waals surface area contributed by atoms with E-state index in [-0.39, 0.29) is 5.41 Å². The molecule has 1 fully saturated rings. The third kappa shape index (κ3) is 2.43. The van der Waals surface area contributed by atoms with Crippen LogP contribution in [0.5, 0.6) is 5.75 Å². The van der Waals surface area contributed by atoms with Crippen LogP contribution in [-0.2, 0) is 10.2 Å². The summed E-state index contributed by atoms with van der Waals surface area (Å²) in [6.07, 6.45) is 2.00. The molecule has 0 radical (unpaired) electrons. The summed E-state index contributed by atoms with van der Waals surface area (Å²) in [4.78, 5) is 0. The lowest BCUT2D eigenvalue weighted by molar-refractivity contribution is 0.0575. The molecule has 0 saturated carbocycles. The zero-order valence-corrected chi connectivity index (χ0v) is 11.2. The zero-order chi connectivity index (χ0) is 12.3. The summed E-state index contributed by atoms with van der Waals surface area (Å²) in [5, 5.41) is 0. The first-order valence-electron chi connectivity index (χ1n) is 6.01. The predicted octanol–water partition coefficient (Wildman–Crippen LogP) is 3.29. The van der Waals surface area contributed by atoms with Crippen molar-refractivity contribution in [1.29, 1.82) is 0 Å². The molecule has 2 nitrogen and oxygen atoms in total. The second kappa shape index (κ2) is 5.28. The van der Waals surface area contributed by atoms with Gasteiger partial charge in [0.15, 0.2) is 0 Å². The summed E-state index contributed by atoms with van der Waals surface area (Å²) < 4.78 is 10.7. The van der Waals surface area contributed by atoms with E-state index in [1.165, 1.54) is 11.1 Å². The van der Waals surface area contributed by atoms with Crippen molar-refractivity contribution < 1.29 is 9.47 Å². The lowest BCUT2D eigenvalue weighted by Crippen LogP contribution is -2.35. The Hall–Kier alpha value is -0.730. The van der Waals surface area contributed by atoms with Crippen LogP contribution in [-0.4, -0.2) is 26.2 Å². The van der Waals surface area contributed by atoms with E-state index in [1.807, 2.05) is 6.07 Å². The Morgan fingerprint density at radius 1 is 1.35 bits per heavy atom. The van der Waals surface area contributed by atoms with Gasteiger partial charge in [-0.05, 0) is 37.0 Å². The Bertz CT molecular complexity index is 384. The molecule has 17 heavy (non-hydrogen) atoms. The van der Waals surface area contributed by atoms with Gasteiger partial charge in [0.1, 0.15) is 5.75 Å². The first kappa shape index (κ1) is 12.7. The van der Waals surface area contributed by atoms with Gasteiger partial charge in [0, 0.05) is 24.5 Å². The quantitative estimate of drug-likeness (QED) is 0.771. The molecule has 0 spiro atoms. The average Bonchev–Trinajstić information content (AvgIpc) is 2.39. The first-order chi connectivity index (χ1) is 8.22. The number of halogens is 1. The number of ether oxygens (including phenoxy) is 2. The van der Waals surface area contributed by atoms with Crippen LogP contribution in [0.4, 0.5) is 0 Å². The Morgan fingerprint density at radius 3 is 2.59 bits per heavy atom. The summed E-state index contributed by atoms with van der Waals surface area (Å²) in [5.41, 5.74) is 2.56. The molecule has 3 heteroatoms. The average molecular weight is 255 g/mol. The van der Waals surface area contributed by atoms with Crippen LogP contribution in [0.15, 0.2) is 18.2 Å². The van der Waals surface area contributed by atoms with E-state index < -0.39 is 0 Å². The zero-order valence-electron chi connectivity index (χ0n) is 10.5. The molecule has 1 aromatic carbocycles. The van der Waals surface area contributed by atoms with Crippen molar-refractivity contribution in [3.05, 3.63) is 29.3 Å². The van der Waals surface area contributed by atoms with Gasteiger partial charge in [-0.3, -0.25) is 0 Å². The second-order valence-electron chi connectivity index (χ2n) is 4.71. The fourth-order valence-corrected chi connectivity index (χ4v) is 2.89. The maximum absolute atomic E-state index is 6.21. The molecule has 0 aromatic heterocycles. The smallest absolute Gasteiger partial charge is 0.121 e. The molecule has 1 aliphatic rings. The van der Waals surface area contributed by atoms with Crippen LogP contribution < -0.4 is 4.74 Å². The molecular weight excluding hydrogens is 236 g/mol. The number of hydrogen-bond acceptors (Lipinski definition) is 2. The van der Waals surface area contributed by atoms with Gasteiger partial charge in [0.05, 0.1) is 7.11 Å². The number of alkyl halides is 1. The molecule has 1 aromatic rings. The minimum atomic E-state index is 0.0802. The van der Waals surface area contributed by atoms with Gasteiger partial charge in [-0.25, -0.2) is 0 Å². The first-order valence-corrected chi connectivity index (χ1v) is 6.54. The van der Waals surface area contributed by atoms with Gasteiger partial charge in [0.25, 0.3) is 0 Å². The Labute approximate surface area is 108 Å². The largest absolute Gasteiger partial charge is 0.496 e. The van der Waals surface area contributed by atoms with Gasteiger partial charge >= 0.3 is 0 Å². The normalized spacial score (nSPS) is 19.0. The van der Waals surface area contributed by atoms with E-state index in [4.69, 9.17) is 21.1 Å². The number of rotatable bonds is 3. The monoisotopic (exact) mass is 254 g/mol. The molecule has 0 amide bonds. The minimum absolute atomic E-state index is 0.0802. The SMILES string of the molecule is COc1ccc(C2(CCl)CCOCC2)cc1C. The van der Waals surface area contributed by atoms with E-state index >= 15 is 0 Å². The van der Waals surface area contributed by atoms with Gasteiger partial charge in [-0.2, -0.15) is 0 Å². The molecule has 1 aliphatic heterocycles. The maximum atomic E-state index is 6.21. The number of benzene rings is 1. The van der Waals surface area contributed by atoms with E-state index in [0.717, 1.165) is 31.8 Å². The molecule has 0 aliphatic carbocycles. The number of hydrogen-bond donors (Lipinski definition) is 0. The molecule has 0 N–H and O–H groups in total. The third-order valence-corrected chi connectivity index (χ3v) is 4.22. The standard InChI is InChI=1S/C14H19ClO2/c1-11-9-12(3-4-13(11)16-2)14(10-15)5-7-17-8-6-14/h3-4,9H,5-8,10H2,1-2H3. The highest BCUT2D eigenvalue weighted by Crippen LogP contribution is 2.37.